The zero-order chi connectivity index (χ0) is 13.9. The predicted molar refractivity (Wildman–Crippen MR) is 77.0 cm³/mol. The molecule has 1 aromatic carbocycles. The Bertz CT molecular complexity index is 378. The van der Waals surface area contributed by atoms with Gasteiger partial charge in [0.15, 0.2) is 0 Å². The molecule has 2 unspecified atom stereocenters. The summed E-state index contributed by atoms with van der Waals surface area (Å²) in [5.41, 5.74) is 8.47. The third-order valence-corrected chi connectivity index (χ3v) is 2.96. The van der Waals surface area contributed by atoms with Crippen molar-refractivity contribution in [2.45, 2.75) is 45.9 Å². The van der Waals surface area contributed by atoms with Crippen molar-refractivity contribution in [1.29, 1.82) is 0 Å². The van der Waals surface area contributed by atoms with Crippen molar-refractivity contribution in [1.82, 2.24) is 4.90 Å². The Labute approximate surface area is 111 Å². The van der Waals surface area contributed by atoms with Crippen LogP contribution in [-0.2, 0) is 0 Å². The standard InChI is InChI=1S/C15H26N2O/c1-10(2)18-14-8-7-13(9-11(14)3)15(12(4)16)17(5)6/h7-10,12,15H,16H2,1-6H3. The largest absolute Gasteiger partial charge is 0.491 e. The molecule has 0 radical (unpaired) electrons. The van der Waals surface area contributed by atoms with E-state index in [2.05, 4.69) is 38.1 Å². The van der Waals surface area contributed by atoms with E-state index in [1.54, 1.807) is 0 Å². The second-order valence-corrected chi connectivity index (χ2v) is 5.46. The Morgan fingerprint density at radius 3 is 2.17 bits per heavy atom. The first kappa shape index (κ1) is 15.0. The molecule has 3 heteroatoms. The van der Waals surface area contributed by atoms with E-state index in [1.807, 2.05) is 26.8 Å². The number of likely N-dealkylation sites (N-methyl/N-ethyl adjacent to an activating group) is 1. The molecule has 0 saturated heterocycles. The van der Waals surface area contributed by atoms with Gasteiger partial charge >= 0.3 is 0 Å². The van der Waals surface area contributed by atoms with Crippen molar-refractivity contribution in [2.75, 3.05) is 14.1 Å². The third-order valence-electron chi connectivity index (χ3n) is 2.96. The van der Waals surface area contributed by atoms with Gasteiger partial charge in [0.2, 0.25) is 0 Å². The molecule has 102 valence electrons. The van der Waals surface area contributed by atoms with Gasteiger partial charge in [0.05, 0.1) is 6.10 Å². The quantitative estimate of drug-likeness (QED) is 0.873. The van der Waals surface area contributed by atoms with Gasteiger partial charge in [-0.05, 0) is 59.0 Å². The molecule has 0 aliphatic heterocycles. The Hall–Kier alpha value is -1.06. The van der Waals surface area contributed by atoms with E-state index in [1.165, 1.54) is 5.56 Å². The molecule has 0 amide bonds. The molecule has 0 fully saturated rings. The lowest BCUT2D eigenvalue weighted by atomic mass is 9.98. The zero-order valence-electron chi connectivity index (χ0n) is 12.4. The van der Waals surface area contributed by atoms with Crippen molar-refractivity contribution in [2.24, 2.45) is 5.73 Å². The number of benzene rings is 1. The minimum absolute atomic E-state index is 0.0938. The average Bonchev–Trinajstić information content (AvgIpc) is 2.20. The van der Waals surface area contributed by atoms with E-state index >= 15 is 0 Å². The number of rotatable bonds is 5. The SMILES string of the molecule is Cc1cc(C(C(C)N)N(C)C)ccc1OC(C)C. The van der Waals surface area contributed by atoms with Gasteiger partial charge in [-0.2, -0.15) is 0 Å². The van der Waals surface area contributed by atoms with E-state index in [0.717, 1.165) is 11.3 Å². The van der Waals surface area contributed by atoms with Crippen LogP contribution >= 0.6 is 0 Å². The van der Waals surface area contributed by atoms with Crippen LogP contribution in [0.4, 0.5) is 0 Å². The molecule has 0 bridgehead atoms. The highest BCUT2D eigenvalue weighted by Crippen LogP contribution is 2.27. The molecule has 0 spiro atoms. The van der Waals surface area contributed by atoms with Gasteiger partial charge in [-0.3, -0.25) is 0 Å². The minimum Gasteiger partial charge on any atom is -0.491 e. The van der Waals surface area contributed by atoms with E-state index < -0.39 is 0 Å². The Morgan fingerprint density at radius 1 is 1.17 bits per heavy atom. The number of hydrogen-bond donors (Lipinski definition) is 1. The first-order valence-corrected chi connectivity index (χ1v) is 6.52. The maximum atomic E-state index is 6.07. The lowest BCUT2D eigenvalue weighted by Crippen LogP contribution is -2.35. The molecule has 3 nitrogen and oxygen atoms in total. The summed E-state index contributed by atoms with van der Waals surface area (Å²) >= 11 is 0. The molecular weight excluding hydrogens is 224 g/mol. The van der Waals surface area contributed by atoms with Crippen molar-refractivity contribution in [3.05, 3.63) is 29.3 Å². The maximum Gasteiger partial charge on any atom is 0.122 e. The zero-order valence-corrected chi connectivity index (χ0v) is 12.4. The lowest BCUT2D eigenvalue weighted by molar-refractivity contribution is 0.239. The highest BCUT2D eigenvalue weighted by Gasteiger charge is 2.19. The van der Waals surface area contributed by atoms with Crippen LogP contribution in [0.5, 0.6) is 5.75 Å². The maximum absolute atomic E-state index is 6.07. The summed E-state index contributed by atoms with van der Waals surface area (Å²) in [6, 6.07) is 6.65. The summed E-state index contributed by atoms with van der Waals surface area (Å²) < 4.78 is 5.76. The Kier molecular flexibility index (Phi) is 5.17. The van der Waals surface area contributed by atoms with Crippen LogP contribution in [0.1, 0.15) is 37.9 Å². The van der Waals surface area contributed by atoms with Gasteiger partial charge in [0, 0.05) is 12.1 Å². The molecule has 0 saturated carbocycles. The molecule has 0 aromatic heterocycles. The van der Waals surface area contributed by atoms with Crippen LogP contribution in [0.25, 0.3) is 0 Å². The number of nitrogens with two attached hydrogens (primary N) is 1. The minimum atomic E-state index is 0.0938. The third kappa shape index (κ3) is 3.72. The van der Waals surface area contributed by atoms with Crippen LogP contribution in [0.15, 0.2) is 18.2 Å². The fraction of sp³-hybridized carbons (Fsp3) is 0.600. The van der Waals surface area contributed by atoms with Gasteiger partial charge in [-0.15, -0.1) is 0 Å². The topological polar surface area (TPSA) is 38.5 Å². The van der Waals surface area contributed by atoms with Crippen LogP contribution in [0.3, 0.4) is 0 Å². The Morgan fingerprint density at radius 2 is 1.78 bits per heavy atom. The molecule has 2 N–H and O–H groups in total. The summed E-state index contributed by atoms with van der Waals surface area (Å²) in [6.07, 6.45) is 0.202. The number of ether oxygens (including phenoxy) is 1. The lowest BCUT2D eigenvalue weighted by Gasteiger charge is -2.28. The number of nitrogens with zero attached hydrogens (tertiary/aromatic N) is 1. The smallest absolute Gasteiger partial charge is 0.122 e. The summed E-state index contributed by atoms with van der Waals surface area (Å²) in [4.78, 5) is 2.16. The van der Waals surface area contributed by atoms with Crippen LogP contribution in [-0.4, -0.2) is 31.1 Å². The molecular formula is C15H26N2O. The average molecular weight is 250 g/mol. The van der Waals surface area contributed by atoms with Crippen molar-refractivity contribution < 1.29 is 4.74 Å². The normalized spacial score (nSPS) is 14.9. The molecule has 0 aliphatic rings. The first-order valence-electron chi connectivity index (χ1n) is 6.52. The summed E-state index contributed by atoms with van der Waals surface area (Å²) in [7, 11) is 4.11. The fourth-order valence-electron chi connectivity index (χ4n) is 2.31. The fourth-order valence-corrected chi connectivity index (χ4v) is 2.31. The van der Waals surface area contributed by atoms with Crippen LogP contribution < -0.4 is 10.5 Å². The monoisotopic (exact) mass is 250 g/mol. The second-order valence-electron chi connectivity index (χ2n) is 5.46. The highest BCUT2D eigenvalue weighted by molar-refractivity contribution is 5.38. The van der Waals surface area contributed by atoms with E-state index in [4.69, 9.17) is 10.5 Å². The van der Waals surface area contributed by atoms with E-state index in [0.29, 0.717) is 0 Å². The number of aryl methyl sites for hydroxylation is 1. The van der Waals surface area contributed by atoms with Gasteiger partial charge < -0.3 is 15.4 Å². The van der Waals surface area contributed by atoms with E-state index in [-0.39, 0.29) is 18.2 Å². The van der Waals surface area contributed by atoms with Crippen LogP contribution in [0.2, 0.25) is 0 Å². The van der Waals surface area contributed by atoms with Crippen molar-refractivity contribution >= 4 is 0 Å². The molecule has 1 rings (SSSR count). The Balaban J connectivity index is 3.02. The van der Waals surface area contributed by atoms with E-state index in [9.17, 15) is 0 Å². The van der Waals surface area contributed by atoms with Gasteiger partial charge in [-0.25, -0.2) is 0 Å². The van der Waals surface area contributed by atoms with Gasteiger partial charge in [0.25, 0.3) is 0 Å². The van der Waals surface area contributed by atoms with Crippen LogP contribution in [0, 0.1) is 6.92 Å². The molecule has 2 atom stereocenters. The molecule has 0 aliphatic carbocycles. The summed E-state index contributed by atoms with van der Waals surface area (Å²) in [5, 5.41) is 0. The second kappa shape index (κ2) is 6.21. The van der Waals surface area contributed by atoms with Gasteiger partial charge in [-0.1, -0.05) is 12.1 Å². The summed E-state index contributed by atoms with van der Waals surface area (Å²) in [5.74, 6) is 0.955. The molecule has 0 heterocycles. The molecule has 1 aromatic rings. The molecule has 18 heavy (non-hydrogen) atoms. The summed E-state index contributed by atoms with van der Waals surface area (Å²) in [6.45, 7) is 8.20. The predicted octanol–water partition coefficient (Wildman–Crippen LogP) is 2.73. The first-order chi connectivity index (χ1) is 8.32. The highest BCUT2D eigenvalue weighted by atomic mass is 16.5. The van der Waals surface area contributed by atoms with Crippen molar-refractivity contribution in [3.8, 4) is 5.75 Å². The van der Waals surface area contributed by atoms with Crippen molar-refractivity contribution in [3.63, 3.8) is 0 Å². The number of hydrogen-bond acceptors (Lipinski definition) is 3. The van der Waals surface area contributed by atoms with Gasteiger partial charge in [0.1, 0.15) is 5.75 Å².